The van der Waals surface area contributed by atoms with Gasteiger partial charge in [0.1, 0.15) is 10.6 Å². The number of rotatable bonds is 4. The Bertz CT molecular complexity index is 881. The van der Waals surface area contributed by atoms with E-state index in [1.807, 2.05) is 0 Å². The van der Waals surface area contributed by atoms with Gasteiger partial charge in [-0.25, -0.2) is 9.48 Å². The predicted octanol–water partition coefficient (Wildman–Crippen LogP) is 0.171. The molecular formula is C12H13N3O6S. The number of carbonyl (C=O) groups excluding carboxylic acids is 1. The fourth-order valence-corrected chi connectivity index (χ4v) is 2.52. The zero-order chi connectivity index (χ0) is 16.5. The summed E-state index contributed by atoms with van der Waals surface area (Å²) >= 11 is 0. The monoisotopic (exact) mass is 327 g/mol. The van der Waals surface area contributed by atoms with E-state index >= 15 is 0 Å². The second-order valence-corrected chi connectivity index (χ2v) is 5.66. The third kappa shape index (κ3) is 3.02. The number of esters is 1. The first kappa shape index (κ1) is 15.8. The molecule has 22 heavy (non-hydrogen) atoms. The smallest absolute Gasteiger partial charge is 0.356 e. The van der Waals surface area contributed by atoms with Crippen molar-refractivity contribution >= 4 is 21.8 Å². The highest BCUT2D eigenvalue weighted by atomic mass is 32.2. The van der Waals surface area contributed by atoms with E-state index in [0.29, 0.717) is 0 Å². The van der Waals surface area contributed by atoms with E-state index < -0.39 is 26.5 Å². The second-order valence-electron chi connectivity index (χ2n) is 4.27. The first-order valence-corrected chi connectivity index (χ1v) is 7.54. The Labute approximate surface area is 125 Å². The Balaban J connectivity index is 2.63. The number of carbonyl (C=O) groups is 1. The molecule has 0 bridgehead atoms. The van der Waals surface area contributed by atoms with E-state index in [0.717, 1.165) is 16.8 Å². The van der Waals surface area contributed by atoms with E-state index in [2.05, 4.69) is 5.10 Å². The SMILES string of the molecule is CCOC(=O)c1cc(=O)n(-c2ccc(N)cc2S(=O)(=O)O)[nH]1. The van der Waals surface area contributed by atoms with Crippen molar-refractivity contribution in [2.75, 3.05) is 12.3 Å². The van der Waals surface area contributed by atoms with Crippen LogP contribution in [0.2, 0.25) is 0 Å². The van der Waals surface area contributed by atoms with Gasteiger partial charge in [0.25, 0.3) is 15.7 Å². The van der Waals surface area contributed by atoms with Gasteiger partial charge in [-0.3, -0.25) is 14.4 Å². The number of ether oxygens (including phenoxy) is 1. The summed E-state index contributed by atoms with van der Waals surface area (Å²) in [5.74, 6) is -0.762. The molecule has 0 spiro atoms. The molecular weight excluding hydrogens is 314 g/mol. The zero-order valence-electron chi connectivity index (χ0n) is 11.4. The van der Waals surface area contributed by atoms with Gasteiger partial charge in [0.2, 0.25) is 0 Å². The second kappa shape index (κ2) is 5.66. The first-order chi connectivity index (χ1) is 10.2. The van der Waals surface area contributed by atoms with E-state index in [4.69, 9.17) is 10.5 Å². The molecule has 0 fully saturated rings. The van der Waals surface area contributed by atoms with Gasteiger partial charge in [0.05, 0.1) is 12.3 Å². The number of nitrogen functional groups attached to an aromatic ring is 1. The average molecular weight is 327 g/mol. The molecule has 2 aromatic rings. The van der Waals surface area contributed by atoms with Crippen molar-refractivity contribution in [3.63, 3.8) is 0 Å². The minimum atomic E-state index is -4.62. The molecule has 0 aliphatic rings. The van der Waals surface area contributed by atoms with Crippen LogP contribution < -0.4 is 11.3 Å². The molecule has 0 unspecified atom stereocenters. The largest absolute Gasteiger partial charge is 0.461 e. The average Bonchev–Trinajstić information content (AvgIpc) is 2.80. The third-order valence-electron chi connectivity index (χ3n) is 2.72. The van der Waals surface area contributed by atoms with Gasteiger partial charge in [-0.1, -0.05) is 0 Å². The molecule has 0 amide bonds. The zero-order valence-corrected chi connectivity index (χ0v) is 12.3. The van der Waals surface area contributed by atoms with Gasteiger partial charge < -0.3 is 10.5 Å². The van der Waals surface area contributed by atoms with Crippen molar-refractivity contribution in [2.24, 2.45) is 0 Å². The molecule has 4 N–H and O–H groups in total. The highest BCUT2D eigenvalue weighted by molar-refractivity contribution is 7.86. The Morgan fingerprint density at radius 1 is 1.41 bits per heavy atom. The van der Waals surface area contributed by atoms with E-state index in [9.17, 15) is 22.6 Å². The summed E-state index contributed by atoms with van der Waals surface area (Å²) in [6, 6.07) is 4.54. The number of hydrogen-bond acceptors (Lipinski definition) is 6. The summed E-state index contributed by atoms with van der Waals surface area (Å²) in [7, 11) is -4.62. The molecule has 1 heterocycles. The molecule has 0 aliphatic heterocycles. The lowest BCUT2D eigenvalue weighted by atomic mass is 10.3. The maximum atomic E-state index is 11.9. The van der Waals surface area contributed by atoms with Gasteiger partial charge in [0.15, 0.2) is 0 Å². The Hall–Kier alpha value is -2.59. The van der Waals surface area contributed by atoms with Crippen molar-refractivity contribution < 1.29 is 22.5 Å². The maximum absolute atomic E-state index is 11.9. The van der Waals surface area contributed by atoms with Crippen LogP contribution >= 0.6 is 0 Å². The number of H-pyrrole nitrogens is 1. The summed E-state index contributed by atoms with van der Waals surface area (Å²) in [6.45, 7) is 1.72. The highest BCUT2D eigenvalue weighted by Crippen LogP contribution is 2.21. The van der Waals surface area contributed by atoms with Crippen molar-refractivity contribution in [2.45, 2.75) is 11.8 Å². The number of nitrogens with two attached hydrogens (primary N) is 1. The van der Waals surface area contributed by atoms with Crippen LogP contribution in [0.1, 0.15) is 17.4 Å². The molecule has 0 saturated carbocycles. The molecule has 0 radical (unpaired) electrons. The summed E-state index contributed by atoms with van der Waals surface area (Å²) < 4.78 is 37.6. The van der Waals surface area contributed by atoms with Crippen LogP contribution in [0.3, 0.4) is 0 Å². The van der Waals surface area contributed by atoms with Crippen LogP contribution in [0.25, 0.3) is 5.69 Å². The van der Waals surface area contributed by atoms with Crippen LogP contribution in [0.15, 0.2) is 34.0 Å². The number of nitrogens with one attached hydrogen (secondary N) is 1. The van der Waals surface area contributed by atoms with Crippen LogP contribution in [0.5, 0.6) is 0 Å². The topological polar surface area (TPSA) is 144 Å². The van der Waals surface area contributed by atoms with Gasteiger partial charge in [0, 0.05) is 11.8 Å². The minimum Gasteiger partial charge on any atom is -0.461 e. The first-order valence-electron chi connectivity index (χ1n) is 6.10. The van der Waals surface area contributed by atoms with Crippen molar-refractivity contribution in [1.29, 1.82) is 0 Å². The van der Waals surface area contributed by atoms with Crippen LogP contribution in [0.4, 0.5) is 5.69 Å². The Morgan fingerprint density at radius 2 is 2.09 bits per heavy atom. The molecule has 0 saturated heterocycles. The standard InChI is InChI=1S/C12H13N3O6S/c1-2-21-12(17)8-6-11(16)15(14-8)9-4-3-7(13)5-10(9)22(18,19)20/h3-6,14H,2,13H2,1H3,(H,18,19,20). The van der Waals surface area contributed by atoms with Gasteiger partial charge >= 0.3 is 5.97 Å². The molecule has 1 aromatic carbocycles. The van der Waals surface area contributed by atoms with E-state index in [1.165, 1.54) is 12.1 Å². The fraction of sp³-hybridized carbons (Fsp3) is 0.167. The van der Waals surface area contributed by atoms with Gasteiger partial charge in [-0.05, 0) is 25.1 Å². The van der Waals surface area contributed by atoms with E-state index in [-0.39, 0.29) is 23.7 Å². The van der Waals surface area contributed by atoms with Crippen LogP contribution in [-0.4, -0.2) is 35.3 Å². The van der Waals surface area contributed by atoms with E-state index in [1.54, 1.807) is 6.92 Å². The lowest BCUT2D eigenvalue weighted by molar-refractivity contribution is 0.0519. The summed E-state index contributed by atoms with van der Waals surface area (Å²) in [5, 5.41) is 2.43. The number of nitrogens with zero attached hydrogens (tertiary/aromatic N) is 1. The number of aromatic nitrogens is 2. The fourth-order valence-electron chi connectivity index (χ4n) is 1.81. The number of aromatic amines is 1. The van der Waals surface area contributed by atoms with Crippen molar-refractivity contribution in [3.8, 4) is 5.69 Å². The molecule has 2 rings (SSSR count). The highest BCUT2D eigenvalue weighted by Gasteiger charge is 2.20. The maximum Gasteiger partial charge on any atom is 0.356 e. The molecule has 118 valence electrons. The molecule has 1 aromatic heterocycles. The molecule has 0 aliphatic carbocycles. The number of anilines is 1. The normalized spacial score (nSPS) is 11.4. The quantitative estimate of drug-likeness (QED) is 0.412. The summed E-state index contributed by atoms with van der Waals surface area (Å²) in [6.07, 6.45) is 0. The summed E-state index contributed by atoms with van der Waals surface area (Å²) in [4.78, 5) is 23.0. The van der Waals surface area contributed by atoms with Crippen molar-refractivity contribution in [3.05, 3.63) is 40.3 Å². The minimum absolute atomic E-state index is 0.0848. The molecule has 10 heteroatoms. The van der Waals surface area contributed by atoms with Gasteiger partial charge in [-0.2, -0.15) is 8.42 Å². The summed E-state index contributed by atoms with van der Waals surface area (Å²) in [5.41, 5.74) is 4.56. The van der Waals surface area contributed by atoms with Crippen LogP contribution in [-0.2, 0) is 14.9 Å². The predicted molar refractivity (Wildman–Crippen MR) is 76.6 cm³/mol. The molecule has 9 nitrogen and oxygen atoms in total. The lowest BCUT2D eigenvalue weighted by Crippen LogP contribution is -2.17. The van der Waals surface area contributed by atoms with Crippen LogP contribution in [0, 0.1) is 0 Å². The Kier molecular flexibility index (Phi) is 4.06. The Morgan fingerprint density at radius 3 is 2.68 bits per heavy atom. The lowest BCUT2D eigenvalue weighted by Gasteiger charge is -2.08. The number of benzene rings is 1. The van der Waals surface area contributed by atoms with Gasteiger partial charge in [-0.15, -0.1) is 0 Å². The third-order valence-corrected chi connectivity index (χ3v) is 3.60. The van der Waals surface area contributed by atoms with Crippen molar-refractivity contribution in [1.82, 2.24) is 9.78 Å². The molecule has 0 atom stereocenters. The number of hydrogen-bond donors (Lipinski definition) is 3.